The maximum absolute atomic E-state index is 13.3. The van der Waals surface area contributed by atoms with Crippen LogP contribution in [-0.2, 0) is 15.1 Å². The maximum atomic E-state index is 13.3. The summed E-state index contributed by atoms with van der Waals surface area (Å²) in [4.78, 5) is 13.3. The Hall–Kier alpha value is -1.59. The summed E-state index contributed by atoms with van der Waals surface area (Å²) in [7, 11) is 0. The molecule has 2 aromatic rings. The Balaban J connectivity index is 2.18. The van der Waals surface area contributed by atoms with E-state index in [9.17, 15) is 4.79 Å². The van der Waals surface area contributed by atoms with Crippen molar-refractivity contribution in [3.8, 4) is 0 Å². The van der Waals surface area contributed by atoms with E-state index in [1.807, 2.05) is 69.3 Å². The molecule has 4 atom stereocenters. The van der Waals surface area contributed by atoms with Gasteiger partial charge in [0.25, 0.3) is 0 Å². The molecule has 0 amide bonds. The molecule has 1 saturated heterocycles. The Morgan fingerprint density at radius 3 is 2.32 bits per heavy atom. The van der Waals surface area contributed by atoms with Crippen LogP contribution >= 0.6 is 23.2 Å². The van der Waals surface area contributed by atoms with E-state index in [4.69, 9.17) is 33.7 Å². The zero-order chi connectivity index (χ0) is 23.0. The van der Waals surface area contributed by atoms with E-state index >= 15 is 0 Å². The average molecular weight is 463 g/mol. The lowest BCUT2D eigenvalue weighted by atomic mass is 9.70. The first-order chi connectivity index (χ1) is 14.4. The summed E-state index contributed by atoms with van der Waals surface area (Å²) in [5, 5.41) is 4.78. The summed E-state index contributed by atoms with van der Waals surface area (Å²) in [6, 6.07) is 14.4. The molecule has 1 heterocycles. The highest BCUT2D eigenvalue weighted by molar-refractivity contribution is 6.30. The van der Waals surface area contributed by atoms with Crippen molar-refractivity contribution in [1.29, 1.82) is 0 Å². The first kappa shape index (κ1) is 24.1. The van der Waals surface area contributed by atoms with Gasteiger partial charge in [0.05, 0.1) is 5.54 Å². The summed E-state index contributed by atoms with van der Waals surface area (Å²) >= 11 is 12.5. The van der Waals surface area contributed by atoms with Crippen LogP contribution in [0.3, 0.4) is 0 Å². The molecule has 6 heteroatoms. The Labute approximate surface area is 195 Å². The van der Waals surface area contributed by atoms with Crippen molar-refractivity contribution in [3.05, 3.63) is 69.7 Å². The quantitative estimate of drug-likeness (QED) is 0.562. The third-order valence-corrected chi connectivity index (χ3v) is 6.21. The maximum Gasteiger partial charge on any atom is 0.324 e. The zero-order valence-corrected chi connectivity index (χ0v) is 20.3. The molecule has 0 bridgehead atoms. The van der Waals surface area contributed by atoms with Gasteiger partial charge in [0.2, 0.25) is 0 Å². The smallest absolute Gasteiger partial charge is 0.324 e. The first-order valence-electron chi connectivity index (χ1n) is 10.7. The molecule has 1 aliphatic rings. The van der Waals surface area contributed by atoms with E-state index in [2.05, 4.69) is 19.2 Å². The lowest BCUT2D eigenvalue weighted by molar-refractivity contribution is -0.157. The monoisotopic (exact) mass is 462 g/mol. The predicted molar refractivity (Wildman–Crippen MR) is 128 cm³/mol. The molecule has 3 N–H and O–H groups in total. The van der Waals surface area contributed by atoms with Gasteiger partial charge in [-0.05, 0) is 68.5 Å². The fourth-order valence-corrected chi connectivity index (χ4v) is 4.86. The second-order valence-corrected chi connectivity index (χ2v) is 10.7. The van der Waals surface area contributed by atoms with Crippen molar-refractivity contribution in [3.63, 3.8) is 0 Å². The number of halogens is 2. The number of rotatable bonds is 5. The van der Waals surface area contributed by atoms with Crippen LogP contribution in [0.1, 0.15) is 58.1 Å². The number of nitrogens with one attached hydrogen (secondary N) is 1. The lowest BCUT2D eigenvalue weighted by Gasteiger charge is -2.38. The van der Waals surface area contributed by atoms with Gasteiger partial charge in [0, 0.05) is 22.0 Å². The second kappa shape index (κ2) is 9.11. The third-order valence-electron chi connectivity index (χ3n) is 5.73. The van der Waals surface area contributed by atoms with Gasteiger partial charge in [-0.25, -0.2) is 0 Å². The summed E-state index contributed by atoms with van der Waals surface area (Å²) in [5.41, 5.74) is 7.64. The molecule has 168 valence electrons. The minimum Gasteiger partial charge on any atom is -0.459 e. The van der Waals surface area contributed by atoms with Gasteiger partial charge in [0.15, 0.2) is 0 Å². The molecule has 1 aliphatic heterocycles. The van der Waals surface area contributed by atoms with Crippen LogP contribution in [0.25, 0.3) is 0 Å². The van der Waals surface area contributed by atoms with Crippen LogP contribution in [0.2, 0.25) is 10.0 Å². The van der Waals surface area contributed by atoms with Crippen molar-refractivity contribution in [2.24, 2.45) is 11.7 Å². The zero-order valence-electron chi connectivity index (χ0n) is 18.8. The van der Waals surface area contributed by atoms with Crippen molar-refractivity contribution in [2.45, 2.75) is 70.2 Å². The highest BCUT2D eigenvalue weighted by Crippen LogP contribution is 2.47. The molecule has 0 aromatic heterocycles. The number of nitrogens with two attached hydrogens (primary N) is 1. The third kappa shape index (κ3) is 5.25. The topological polar surface area (TPSA) is 64.3 Å². The molecule has 0 spiro atoms. The van der Waals surface area contributed by atoms with Crippen molar-refractivity contribution < 1.29 is 9.53 Å². The molecule has 0 unspecified atom stereocenters. The van der Waals surface area contributed by atoms with Crippen LogP contribution < -0.4 is 11.1 Å². The summed E-state index contributed by atoms with van der Waals surface area (Å²) in [6.07, 6.45) is 0.801. The van der Waals surface area contributed by atoms with Gasteiger partial charge in [0.1, 0.15) is 11.6 Å². The molecule has 31 heavy (non-hydrogen) atoms. The molecule has 0 radical (unpaired) electrons. The van der Waals surface area contributed by atoms with E-state index in [0.717, 1.165) is 17.5 Å². The fourth-order valence-electron chi connectivity index (χ4n) is 4.53. The molecule has 0 saturated carbocycles. The van der Waals surface area contributed by atoms with E-state index in [1.54, 1.807) is 0 Å². The molecule has 3 rings (SSSR count). The molecule has 4 nitrogen and oxygen atoms in total. The number of carbonyl (C=O) groups is 1. The van der Waals surface area contributed by atoms with Crippen LogP contribution in [0.5, 0.6) is 0 Å². The van der Waals surface area contributed by atoms with E-state index < -0.39 is 17.2 Å². The molecule has 2 aromatic carbocycles. The summed E-state index contributed by atoms with van der Waals surface area (Å²) < 4.78 is 5.79. The van der Waals surface area contributed by atoms with Gasteiger partial charge >= 0.3 is 5.97 Å². The Morgan fingerprint density at radius 1 is 1.13 bits per heavy atom. The van der Waals surface area contributed by atoms with Gasteiger partial charge in [-0.15, -0.1) is 0 Å². The largest absolute Gasteiger partial charge is 0.459 e. The van der Waals surface area contributed by atoms with E-state index in [1.165, 1.54) is 0 Å². The van der Waals surface area contributed by atoms with E-state index in [-0.39, 0.29) is 17.9 Å². The highest BCUT2D eigenvalue weighted by atomic mass is 35.5. The van der Waals surface area contributed by atoms with Crippen molar-refractivity contribution in [2.75, 3.05) is 0 Å². The van der Waals surface area contributed by atoms with Crippen LogP contribution in [0, 0.1) is 5.92 Å². The second-order valence-electron chi connectivity index (χ2n) is 9.83. The number of hydrogen-bond donors (Lipinski definition) is 2. The van der Waals surface area contributed by atoms with Crippen LogP contribution in [0.4, 0.5) is 0 Å². The summed E-state index contributed by atoms with van der Waals surface area (Å²) in [5.74, 6) is -0.302. The van der Waals surface area contributed by atoms with Gasteiger partial charge in [-0.3, -0.25) is 10.1 Å². The SMILES string of the molecule is CC(C)C[C@H]1N[C@@H](C(=O)OC(C)(C)C)[C@H](c2cccc(Cl)c2)[C@@]1(N)c1ccc(Cl)cc1. The predicted octanol–water partition coefficient (Wildman–Crippen LogP) is 5.66. The lowest BCUT2D eigenvalue weighted by Crippen LogP contribution is -2.51. The molecule has 0 aliphatic carbocycles. The number of ether oxygens (including phenoxy) is 1. The Kier molecular flexibility index (Phi) is 7.07. The van der Waals surface area contributed by atoms with Gasteiger partial charge in [-0.2, -0.15) is 0 Å². The van der Waals surface area contributed by atoms with Crippen molar-refractivity contribution >= 4 is 29.2 Å². The highest BCUT2D eigenvalue weighted by Gasteiger charge is 2.57. The molecular weight excluding hydrogens is 431 g/mol. The molecule has 1 fully saturated rings. The van der Waals surface area contributed by atoms with Crippen LogP contribution in [-0.4, -0.2) is 23.7 Å². The van der Waals surface area contributed by atoms with Crippen LogP contribution in [0.15, 0.2) is 48.5 Å². The number of carbonyl (C=O) groups excluding carboxylic acids is 1. The number of benzene rings is 2. The van der Waals surface area contributed by atoms with E-state index in [0.29, 0.717) is 16.0 Å². The standard InChI is InChI=1S/C25H32Cl2N2O2/c1-15(2)13-20-25(28,17-9-11-18(26)12-10-17)21(16-7-6-8-19(27)14-16)22(29-20)23(30)31-24(3,4)5/h6-12,14-15,20-22,29H,13,28H2,1-5H3/t20-,21+,22-,25-/m1/s1. The minimum absolute atomic E-state index is 0.143. The number of esters is 1. The van der Waals surface area contributed by atoms with Crippen molar-refractivity contribution in [1.82, 2.24) is 5.32 Å². The minimum atomic E-state index is -0.860. The molecular formula is C25H32Cl2N2O2. The summed E-state index contributed by atoms with van der Waals surface area (Å²) in [6.45, 7) is 9.91. The Morgan fingerprint density at radius 2 is 1.77 bits per heavy atom. The Bertz CT molecular complexity index is 924. The fraction of sp³-hybridized carbons (Fsp3) is 0.480. The normalized spacial score (nSPS) is 26.3. The van der Waals surface area contributed by atoms with Gasteiger partial charge in [-0.1, -0.05) is 61.3 Å². The number of hydrogen-bond acceptors (Lipinski definition) is 4. The first-order valence-corrected chi connectivity index (χ1v) is 11.5. The van der Waals surface area contributed by atoms with Gasteiger partial charge < -0.3 is 10.5 Å². The average Bonchev–Trinajstić information content (AvgIpc) is 2.94.